The minimum absolute atomic E-state index is 0.326. The van der Waals surface area contributed by atoms with Crippen LogP contribution in [0.1, 0.15) is 0 Å². The van der Waals surface area contributed by atoms with E-state index in [1.54, 1.807) is 0 Å². The highest BCUT2D eigenvalue weighted by atomic mass is 16.7. The van der Waals surface area contributed by atoms with Crippen LogP contribution in [0.5, 0.6) is 0 Å². The van der Waals surface area contributed by atoms with Gasteiger partial charge in [-0.1, -0.05) is 0 Å². The Kier molecular flexibility index (Phi) is 3.54. The number of rotatable bonds is 2. The van der Waals surface area contributed by atoms with Crippen LogP contribution in [0.25, 0.3) is 5.32 Å². The summed E-state index contributed by atoms with van der Waals surface area (Å²) in [6.07, 6.45) is 0. The lowest BCUT2D eigenvalue weighted by atomic mass is 10.6. The molecular weight excluding hydrogens is 238 g/mol. The lowest BCUT2D eigenvalue weighted by molar-refractivity contribution is -0.617. The molecule has 0 saturated heterocycles. The summed E-state index contributed by atoms with van der Waals surface area (Å²) in [5.74, 6) is -2.13. The van der Waals surface area contributed by atoms with Crippen LogP contribution >= 0.6 is 0 Å². The first-order valence-corrected chi connectivity index (χ1v) is 3.99. The average Bonchev–Trinajstić information content (AvgIpc) is 2.27. The van der Waals surface area contributed by atoms with Crippen LogP contribution in [0.3, 0.4) is 0 Å². The highest BCUT2D eigenvalue weighted by molar-refractivity contribution is 6.12. The van der Waals surface area contributed by atoms with Crippen LogP contribution in [0, 0.1) is 20.2 Å². The van der Waals surface area contributed by atoms with Crippen LogP contribution < -0.4 is 0 Å². The third-order valence-corrected chi connectivity index (χ3v) is 1.51. The second-order valence-corrected chi connectivity index (χ2v) is 2.47. The van der Waals surface area contributed by atoms with Crippen molar-refractivity contribution in [1.29, 1.82) is 0 Å². The van der Waals surface area contributed by atoms with Gasteiger partial charge < -0.3 is 19.5 Å². The Hall–Kier alpha value is -2.72. The van der Waals surface area contributed by atoms with Gasteiger partial charge in [-0.15, -0.1) is 0 Å². The second-order valence-electron chi connectivity index (χ2n) is 2.47. The first kappa shape index (κ1) is 12.4. The summed E-state index contributed by atoms with van der Waals surface area (Å²) in [5.41, 5.74) is 0. The molecule has 0 aromatic rings. The van der Waals surface area contributed by atoms with E-state index in [0.29, 0.717) is 0 Å². The van der Waals surface area contributed by atoms with Gasteiger partial charge in [0.1, 0.15) is 9.85 Å². The summed E-state index contributed by atoms with van der Waals surface area (Å²) in [4.78, 5) is 25.3. The Labute approximate surface area is 93.7 Å². The Morgan fingerprint density at radius 1 is 1.12 bits per heavy atom. The first-order chi connectivity index (χ1) is 7.99. The van der Waals surface area contributed by atoms with Crippen LogP contribution in [-0.2, 0) is 9.47 Å². The SMILES string of the molecule is COC1=NC(=C([N+](=O)[O-])[N+](=O)[O-])N=C(OC)[N-]1. The van der Waals surface area contributed by atoms with Crippen LogP contribution in [-0.4, -0.2) is 36.1 Å². The van der Waals surface area contributed by atoms with Gasteiger partial charge in [0.15, 0.2) is 17.9 Å². The first-order valence-electron chi connectivity index (χ1n) is 3.99. The van der Waals surface area contributed by atoms with Gasteiger partial charge in [-0.25, -0.2) is 0 Å². The molecule has 0 radical (unpaired) electrons. The molecule has 1 rings (SSSR count). The van der Waals surface area contributed by atoms with Gasteiger partial charge in [0.25, 0.3) is 0 Å². The molecule has 0 unspecified atom stereocenters. The Balaban J connectivity index is 3.33. The number of amidine groups is 2. The molecular formula is C6H6N5O6-. The van der Waals surface area contributed by atoms with E-state index < -0.39 is 21.5 Å². The summed E-state index contributed by atoms with van der Waals surface area (Å²) < 4.78 is 9.21. The fraction of sp³-hybridized carbons (Fsp3) is 0.333. The number of nitrogens with zero attached hydrogens (tertiary/aromatic N) is 5. The minimum Gasteiger partial charge on any atom is -0.490 e. The molecule has 11 nitrogen and oxygen atoms in total. The molecule has 0 aromatic heterocycles. The van der Waals surface area contributed by atoms with Crippen molar-refractivity contribution in [2.24, 2.45) is 9.98 Å². The molecule has 11 heteroatoms. The maximum absolute atomic E-state index is 10.5. The minimum atomic E-state index is -1.39. The summed E-state index contributed by atoms with van der Waals surface area (Å²) in [6, 6.07) is -0.652. The van der Waals surface area contributed by atoms with Gasteiger partial charge in [0.2, 0.25) is 0 Å². The number of hydrogen-bond donors (Lipinski definition) is 0. The van der Waals surface area contributed by atoms with E-state index in [9.17, 15) is 20.2 Å². The van der Waals surface area contributed by atoms with Crippen molar-refractivity contribution in [2.45, 2.75) is 0 Å². The van der Waals surface area contributed by atoms with E-state index in [2.05, 4.69) is 24.8 Å². The van der Waals surface area contributed by atoms with Gasteiger partial charge in [-0.3, -0.25) is 25.5 Å². The molecule has 0 N–H and O–H groups in total. The lowest BCUT2D eigenvalue weighted by Crippen LogP contribution is -2.18. The van der Waals surface area contributed by atoms with Crippen molar-refractivity contribution in [1.82, 2.24) is 0 Å². The molecule has 92 valence electrons. The largest absolute Gasteiger partial charge is 0.571 e. The fourth-order valence-corrected chi connectivity index (χ4v) is 0.851. The van der Waals surface area contributed by atoms with Crippen molar-refractivity contribution in [3.63, 3.8) is 0 Å². The Morgan fingerprint density at radius 3 is 1.82 bits per heavy atom. The molecule has 0 atom stereocenters. The van der Waals surface area contributed by atoms with Crippen molar-refractivity contribution < 1.29 is 19.3 Å². The highest BCUT2D eigenvalue weighted by Gasteiger charge is 2.30. The molecule has 17 heavy (non-hydrogen) atoms. The van der Waals surface area contributed by atoms with E-state index in [0.717, 1.165) is 0 Å². The van der Waals surface area contributed by atoms with E-state index in [4.69, 9.17) is 0 Å². The molecule has 0 saturated carbocycles. The van der Waals surface area contributed by atoms with Crippen molar-refractivity contribution in [2.75, 3.05) is 14.2 Å². The Bertz CT molecular complexity index is 414. The summed E-state index contributed by atoms with van der Waals surface area (Å²) in [6.45, 7) is 0. The third kappa shape index (κ3) is 2.64. The molecule has 1 heterocycles. The topological polar surface area (TPSA) is 144 Å². The lowest BCUT2D eigenvalue weighted by Gasteiger charge is -2.20. The number of methoxy groups -OCH3 is 2. The average molecular weight is 244 g/mol. The van der Waals surface area contributed by atoms with Crippen molar-refractivity contribution >= 4 is 12.0 Å². The van der Waals surface area contributed by atoms with Gasteiger partial charge >= 0.3 is 5.82 Å². The number of ether oxygens (including phenoxy) is 2. The smallest absolute Gasteiger partial charge is 0.490 e. The van der Waals surface area contributed by atoms with E-state index in [1.807, 2.05) is 0 Å². The molecule has 0 spiro atoms. The molecule has 0 aromatic carbocycles. The molecule has 0 amide bonds. The molecule has 1 aliphatic rings. The fourth-order valence-electron chi connectivity index (χ4n) is 0.851. The summed E-state index contributed by atoms with van der Waals surface area (Å²) in [5, 5.41) is 24.5. The zero-order chi connectivity index (χ0) is 13.0. The number of nitro groups is 2. The predicted molar refractivity (Wildman–Crippen MR) is 53.3 cm³/mol. The van der Waals surface area contributed by atoms with Crippen LogP contribution in [0.4, 0.5) is 0 Å². The molecule has 0 bridgehead atoms. The summed E-state index contributed by atoms with van der Waals surface area (Å²) in [7, 11) is 2.38. The Morgan fingerprint density at radius 2 is 1.53 bits per heavy atom. The van der Waals surface area contributed by atoms with Crippen LogP contribution in [0.2, 0.25) is 0 Å². The maximum Gasteiger partial charge on any atom is 0.571 e. The number of aliphatic imine (C=N–C) groups is 2. The summed E-state index contributed by atoms with van der Waals surface area (Å²) >= 11 is 0. The van der Waals surface area contributed by atoms with E-state index in [1.165, 1.54) is 14.2 Å². The second kappa shape index (κ2) is 4.87. The molecule has 1 aliphatic heterocycles. The van der Waals surface area contributed by atoms with Gasteiger partial charge in [-0.2, -0.15) is 0 Å². The standard InChI is InChI=1S/C6H6N5O6/c1-16-5-7-3(8-6(9-5)17-2)4(10(12)13)11(14)15/h1-2H3/q-1. The number of hydrogen-bond acceptors (Lipinski definition) is 8. The predicted octanol–water partition coefficient (Wildman–Crippen LogP) is 0.0585. The monoisotopic (exact) mass is 244 g/mol. The highest BCUT2D eigenvalue weighted by Crippen LogP contribution is 2.17. The maximum atomic E-state index is 10.5. The van der Waals surface area contributed by atoms with Crippen molar-refractivity contribution in [3.8, 4) is 0 Å². The molecule has 0 aliphatic carbocycles. The van der Waals surface area contributed by atoms with E-state index in [-0.39, 0.29) is 12.0 Å². The van der Waals surface area contributed by atoms with Gasteiger partial charge in [0.05, 0.1) is 14.2 Å². The zero-order valence-electron chi connectivity index (χ0n) is 8.69. The third-order valence-electron chi connectivity index (χ3n) is 1.51. The zero-order valence-corrected chi connectivity index (χ0v) is 8.69. The molecule has 0 fully saturated rings. The van der Waals surface area contributed by atoms with Gasteiger partial charge in [0, 0.05) is 0 Å². The normalized spacial score (nSPS) is 14.1. The van der Waals surface area contributed by atoms with Crippen LogP contribution in [0.15, 0.2) is 21.6 Å². The quantitative estimate of drug-likeness (QED) is 0.496. The van der Waals surface area contributed by atoms with Gasteiger partial charge in [-0.05, 0) is 0 Å². The van der Waals surface area contributed by atoms with E-state index >= 15 is 0 Å². The van der Waals surface area contributed by atoms with Crippen molar-refractivity contribution in [3.05, 3.63) is 37.2 Å².